The number of aromatic nitrogens is 2. The molecule has 1 N–H and O–H groups in total. The van der Waals surface area contributed by atoms with E-state index in [0.717, 1.165) is 23.3 Å². The standard InChI is InChI=1S/C18H17N3O4/c1-10-5-13-7-12(3-4-15(13)23-10)16-8-14(20-25-16)9-18(22)19-17-6-11(2)24-21-17/h3-4,6-8,10H,5,9H2,1-2H3,(H,19,21,22). The summed E-state index contributed by atoms with van der Waals surface area (Å²) >= 11 is 0. The molecule has 1 aliphatic rings. The summed E-state index contributed by atoms with van der Waals surface area (Å²) in [6.45, 7) is 3.80. The van der Waals surface area contributed by atoms with E-state index in [1.165, 1.54) is 0 Å². The van der Waals surface area contributed by atoms with E-state index in [9.17, 15) is 4.79 Å². The van der Waals surface area contributed by atoms with Crippen LogP contribution in [0.2, 0.25) is 0 Å². The highest BCUT2D eigenvalue weighted by Gasteiger charge is 2.20. The number of carbonyl (C=O) groups excluding carboxylic acids is 1. The molecule has 7 heteroatoms. The number of hydrogen-bond acceptors (Lipinski definition) is 6. The number of amides is 1. The fourth-order valence-corrected chi connectivity index (χ4v) is 2.88. The van der Waals surface area contributed by atoms with Gasteiger partial charge in [-0.25, -0.2) is 0 Å². The molecule has 2 aromatic heterocycles. The second kappa shape index (κ2) is 6.08. The summed E-state index contributed by atoms with van der Waals surface area (Å²) in [6.07, 6.45) is 1.17. The summed E-state index contributed by atoms with van der Waals surface area (Å²) < 4.78 is 16.0. The largest absolute Gasteiger partial charge is 0.490 e. The maximum atomic E-state index is 12.0. The molecule has 0 spiro atoms. The number of carbonyl (C=O) groups is 1. The molecular weight excluding hydrogens is 322 g/mol. The molecule has 3 heterocycles. The zero-order valence-electron chi connectivity index (χ0n) is 13.9. The zero-order valence-corrected chi connectivity index (χ0v) is 13.9. The molecule has 0 saturated heterocycles. The minimum atomic E-state index is -0.232. The number of ether oxygens (including phenoxy) is 1. The van der Waals surface area contributed by atoms with Gasteiger partial charge in [-0.3, -0.25) is 4.79 Å². The lowest BCUT2D eigenvalue weighted by atomic mass is 10.1. The number of aryl methyl sites for hydroxylation is 1. The van der Waals surface area contributed by atoms with Gasteiger partial charge < -0.3 is 19.1 Å². The minimum absolute atomic E-state index is 0.0977. The normalized spacial score (nSPS) is 15.7. The third kappa shape index (κ3) is 3.26. The van der Waals surface area contributed by atoms with Crippen LogP contribution in [0.3, 0.4) is 0 Å². The molecule has 1 unspecified atom stereocenters. The quantitative estimate of drug-likeness (QED) is 0.785. The van der Waals surface area contributed by atoms with Gasteiger partial charge >= 0.3 is 0 Å². The molecule has 1 aliphatic heterocycles. The summed E-state index contributed by atoms with van der Waals surface area (Å²) in [5.41, 5.74) is 2.63. The Kier molecular flexibility index (Phi) is 3.76. The predicted octanol–water partition coefficient (Wildman–Crippen LogP) is 3.14. The summed E-state index contributed by atoms with van der Waals surface area (Å²) in [6, 6.07) is 9.34. The van der Waals surface area contributed by atoms with E-state index in [0.29, 0.717) is 23.0 Å². The SMILES string of the molecule is Cc1cc(NC(=O)Cc2cc(-c3ccc4c(c3)CC(C)O4)on2)no1. The van der Waals surface area contributed by atoms with Gasteiger partial charge in [-0.15, -0.1) is 0 Å². The van der Waals surface area contributed by atoms with Gasteiger partial charge in [-0.1, -0.05) is 10.3 Å². The average Bonchev–Trinajstić information content (AvgIpc) is 3.26. The fraction of sp³-hybridized carbons (Fsp3) is 0.278. The molecule has 0 aliphatic carbocycles. The van der Waals surface area contributed by atoms with Crippen LogP contribution in [0.15, 0.2) is 39.4 Å². The Morgan fingerprint density at radius 2 is 2.12 bits per heavy atom. The van der Waals surface area contributed by atoms with Crippen molar-refractivity contribution in [3.05, 3.63) is 47.3 Å². The van der Waals surface area contributed by atoms with Gasteiger partial charge in [0, 0.05) is 24.1 Å². The van der Waals surface area contributed by atoms with E-state index in [1.54, 1.807) is 19.1 Å². The molecule has 128 valence electrons. The van der Waals surface area contributed by atoms with E-state index in [1.807, 2.05) is 25.1 Å². The van der Waals surface area contributed by atoms with Crippen LogP contribution in [-0.2, 0) is 17.6 Å². The molecule has 25 heavy (non-hydrogen) atoms. The van der Waals surface area contributed by atoms with Crippen molar-refractivity contribution in [3.63, 3.8) is 0 Å². The number of anilines is 1. The molecule has 7 nitrogen and oxygen atoms in total. The summed E-state index contributed by atoms with van der Waals surface area (Å²) in [7, 11) is 0. The highest BCUT2D eigenvalue weighted by atomic mass is 16.5. The smallest absolute Gasteiger partial charge is 0.231 e. The second-order valence-electron chi connectivity index (χ2n) is 6.19. The first-order valence-corrected chi connectivity index (χ1v) is 8.05. The molecule has 0 saturated carbocycles. The lowest BCUT2D eigenvalue weighted by Crippen LogP contribution is -2.14. The van der Waals surface area contributed by atoms with Crippen LogP contribution < -0.4 is 10.1 Å². The van der Waals surface area contributed by atoms with Crippen LogP contribution in [-0.4, -0.2) is 22.3 Å². The number of hydrogen-bond donors (Lipinski definition) is 1. The Bertz CT molecular complexity index is 928. The maximum absolute atomic E-state index is 12.0. The number of nitrogens with one attached hydrogen (secondary N) is 1. The Morgan fingerprint density at radius 3 is 2.92 bits per heavy atom. The van der Waals surface area contributed by atoms with Crippen molar-refractivity contribution >= 4 is 11.7 Å². The van der Waals surface area contributed by atoms with Crippen molar-refractivity contribution in [3.8, 4) is 17.1 Å². The molecule has 0 radical (unpaired) electrons. The van der Waals surface area contributed by atoms with E-state index < -0.39 is 0 Å². The molecule has 4 rings (SSSR count). The van der Waals surface area contributed by atoms with Crippen molar-refractivity contribution in [1.82, 2.24) is 10.3 Å². The van der Waals surface area contributed by atoms with Crippen LogP contribution >= 0.6 is 0 Å². The van der Waals surface area contributed by atoms with E-state index in [2.05, 4.69) is 15.6 Å². The van der Waals surface area contributed by atoms with Gasteiger partial charge in [0.05, 0.1) is 12.1 Å². The average molecular weight is 339 g/mol. The Balaban J connectivity index is 1.45. The second-order valence-corrected chi connectivity index (χ2v) is 6.19. The molecule has 1 atom stereocenters. The number of fused-ring (bicyclic) bond motifs is 1. The summed E-state index contributed by atoms with van der Waals surface area (Å²) in [5, 5.41) is 10.4. The molecule has 0 fully saturated rings. The lowest BCUT2D eigenvalue weighted by molar-refractivity contribution is -0.115. The van der Waals surface area contributed by atoms with Crippen molar-refractivity contribution in [2.75, 3.05) is 5.32 Å². The van der Waals surface area contributed by atoms with Crippen LogP contribution in [0, 0.1) is 6.92 Å². The van der Waals surface area contributed by atoms with Crippen LogP contribution in [0.25, 0.3) is 11.3 Å². The maximum Gasteiger partial charge on any atom is 0.231 e. The first kappa shape index (κ1) is 15.4. The highest BCUT2D eigenvalue weighted by Crippen LogP contribution is 2.33. The Hall–Kier alpha value is -3.09. The third-order valence-corrected chi connectivity index (χ3v) is 3.98. The van der Waals surface area contributed by atoms with Gasteiger partial charge in [-0.05, 0) is 37.6 Å². The van der Waals surface area contributed by atoms with Crippen molar-refractivity contribution in [2.24, 2.45) is 0 Å². The van der Waals surface area contributed by atoms with E-state index in [-0.39, 0.29) is 18.4 Å². The Labute approximate surface area is 143 Å². The van der Waals surface area contributed by atoms with Gasteiger partial charge in [-0.2, -0.15) is 0 Å². The van der Waals surface area contributed by atoms with Crippen molar-refractivity contribution in [2.45, 2.75) is 32.8 Å². The molecule has 1 amide bonds. The summed E-state index contributed by atoms with van der Waals surface area (Å²) in [5.74, 6) is 2.33. The topological polar surface area (TPSA) is 90.4 Å². The van der Waals surface area contributed by atoms with Gasteiger partial charge in [0.1, 0.15) is 17.6 Å². The van der Waals surface area contributed by atoms with Gasteiger partial charge in [0.2, 0.25) is 5.91 Å². The lowest BCUT2D eigenvalue weighted by Gasteiger charge is -2.02. The molecule has 1 aromatic carbocycles. The Morgan fingerprint density at radius 1 is 1.24 bits per heavy atom. The van der Waals surface area contributed by atoms with Crippen molar-refractivity contribution in [1.29, 1.82) is 0 Å². The fourth-order valence-electron chi connectivity index (χ4n) is 2.88. The number of benzene rings is 1. The number of nitrogens with zero attached hydrogens (tertiary/aromatic N) is 2. The van der Waals surface area contributed by atoms with Gasteiger partial charge in [0.25, 0.3) is 0 Å². The number of rotatable bonds is 4. The minimum Gasteiger partial charge on any atom is -0.490 e. The first-order valence-electron chi connectivity index (χ1n) is 8.05. The molecule has 3 aromatic rings. The van der Waals surface area contributed by atoms with Gasteiger partial charge in [0.15, 0.2) is 11.6 Å². The monoisotopic (exact) mass is 339 g/mol. The molecular formula is C18H17N3O4. The molecule has 0 bridgehead atoms. The zero-order chi connectivity index (χ0) is 17.4. The summed E-state index contributed by atoms with van der Waals surface area (Å²) in [4.78, 5) is 12.0. The van der Waals surface area contributed by atoms with E-state index in [4.69, 9.17) is 13.8 Å². The van der Waals surface area contributed by atoms with E-state index >= 15 is 0 Å². The van der Waals surface area contributed by atoms with Crippen LogP contribution in [0.5, 0.6) is 5.75 Å². The van der Waals surface area contributed by atoms with Crippen LogP contribution in [0.4, 0.5) is 5.82 Å². The third-order valence-electron chi connectivity index (χ3n) is 3.98. The highest BCUT2D eigenvalue weighted by molar-refractivity contribution is 5.91. The van der Waals surface area contributed by atoms with Crippen LogP contribution in [0.1, 0.15) is 23.9 Å². The first-order chi connectivity index (χ1) is 12.1. The predicted molar refractivity (Wildman–Crippen MR) is 89.3 cm³/mol. The van der Waals surface area contributed by atoms with Crippen molar-refractivity contribution < 1.29 is 18.6 Å².